The fourth-order valence-electron chi connectivity index (χ4n) is 2.54. The monoisotopic (exact) mass is 403 g/mol. The van der Waals surface area contributed by atoms with Gasteiger partial charge in [0.15, 0.2) is 0 Å². The van der Waals surface area contributed by atoms with Crippen molar-refractivity contribution in [3.63, 3.8) is 0 Å². The summed E-state index contributed by atoms with van der Waals surface area (Å²) in [6.07, 6.45) is 1.59. The van der Waals surface area contributed by atoms with E-state index in [9.17, 15) is 4.79 Å². The molecule has 0 heterocycles. The molecule has 1 N–H and O–H groups in total. The minimum Gasteiger partial charge on any atom is -0.493 e. The maximum absolute atomic E-state index is 12.5. The molecule has 0 aromatic heterocycles. The molecule has 0 fully saturated rings. The summed E-state index contributed by atoms with van der Waals surface area (Å²) in [7, 11) is 0. The molecule has 0 radical (unpaired) electrons. The number of aryl methyl sites for hydroxylation is 2. The smallest absolute Gasteiger partial charge is 0.230 e. The third-order valence-electron chi connectivity index (χ3n) is 4.24. The molecule has 0 saturated carbocycles. The number of ether oxygens (including phenoxy) is 1. The summed E-state index contributed by atoms with van der Waals surface area (Å²) in [6, 6.07) is 13.8. The van der Waals surface area contributed by atoms with Gasteiger partial charge in [0.1, 0.15) is 5.75 Å². The number of amides is 1. The van der Waals surface area contributed by atoms with Crippen molar-refractivity contribution in [1.82, 2.24) is 0 Å². The molecule has 2 rings (SSSR count). The number of anilines is 1. The first-order valence-corrected chi connectivity index (χ1v) is 9.34. The van der Waals surface area contributed by atoms with E-state index in [2.05, 4.69) is 46.4 Å². The lowest BCUT2D eigenvalue weighted by Gasteiger charge is -2.23. The molecule has 0 unspecified atom stereocenters. The van der Waals surface area contributed by atoms with Crippen molar-refractivity contribution < 1.29 is 9.53 Å². The molecular weight excluding hydrogens is 378 g/mol. The van der Waals surface area contributed by atoms with Gasteiger partial charge in [0.25, 0.3) is 0 Å². The topological polar surface area (TPSA) is 38.3 Å². The Bertz CT molecular complexity index is 740. The van der Waals surface area contributed by atoms with Crippen molar-refractivity contribution in [3.8, 4) is 5.75 Å². The molecule has 134 valence electrons. The largest absolute Gasteiger partial charge is 0.493 e. The molecule has 0 aliphatic carbocycles. The number of hydrogen-bond donors (Lipinski definition) is 1. The van der Waals surface area contributed by atoms with Gasteiger partial charge in [-0.15, -0.1) is 0 Å². The molecule has 4 heteroatoms. The first kappa shape index (κ1) is 19.5. The van der Waals surface area contributed by atoms with Crippen LogP contribution < -0.4 is 10.1 Å². The lowest BCUT2D eigenvalue weighted by Crippen LogP contribution is -2.31. The van der Waals surface area contributed by atoms with Gasteiger partial charge in [0.2, 0.25) is 5.91 Å². The van der Waals surface area contributed by atoms with Crippen LogP contribution in [0.3, 0.4) is 0 Å². The minimum atomic E-state index is -0.451. The molecule has 1 amide bonds. The number of nitrogens with one attached hydrogen (secondary N) is 1. The third-order valence-corrected chi connectivity index (χ3v) is 4.74. The summed E-state index contributed by atoms with van der Waals surface area (Å²) in [4.78, 5) is 12.5. The van der Waals surface area contributed by atoms with Gasteiger partial charge in [-0.3, -0.25) is 4.79 Å². The van der Waals surface area contributed by atoms with E-state index >= 15 is 0 Å². The molecule has 0 spiro atoms. The Hall–Kier alpha value is -1.81. The van der Waals surface area contributed by atoms with Crippen LogP contribution in [0.4, 0.5) is 5.69 Å². The second-order valence-corrected chi connectivity index (χ2v) is 7.98. The predicted octanol–water partition coefficient (Wildman–Crippen LogP) is 5.89. The molecule has 0 atom stereocenters. The highest BCUT2D eigenvalue weighted by Gasteiger charge is 2.27. The van der Waals surface area contributed by atoms with E-state index in [1.165, 1.54) is 5.56 Å². The van der Waals surface area contributed by atoms with E-state index in [1.54, 1.807) is 0 Å². The summed E-state index contributed by atoms with van der Waals surface area (Å²) in [5.41, 5.74) is 2.68. The zero-order valence-electron chi connectivity index (χ0n) is 15.4. The van der Waals surface area contributed by atoms with Gasteiger partial charge in [0, 0.05) is 15.6 Å². The lowest BCUT2D eigenvalue weighted by atomic mass is 9.87. The van der Waals surface area contributed by atoms with Gasteiger partial charge >= 0.3 is 0 Å². The van der Waals surface area contributed by atoms with E-state index in [1.807, 2.05) is 45.0 Å². The van der Waals surface area contributed by atoms with E-state index in [-0.39, 0.29) is 5.91 Å². The zero-order valence-corrected chi connectivity index (χ0v) is 16.9. The van der Waals surface area contributed by atoms with Crippen LogP contribution in [0.2, 0.25) is 0 Å². The number of halogens is 1. The Morgan fingerprint density at radius 3 is 2.64 bits per heavy atom. The predicted molar refractivity (Wildman–Crippen MR) is 107 cm³/mol. The molecule has 25 heavy (non-hydrogen) atoms. The van der Waals surface area contributed by atoms with Crippen LogP contribution in [0.1, 0.15) is 37.8 Å². The quantitative estimate of drug-likeness (QED) is 0.585. The van der Waals surface area contributed by atoms with Crippen LogP contribution >= 0.6 is 15.9 Å². The Kier molecular flexibility index (Phi) is 6.65. The zero-order chi connectivity index (χ0) is 18.4. The highest BCUT2D eigenvalue weighted by atomic mass is 79.9. The van der Waals surface area contributed by atoms with Gasteiger partial charge in [0.05, 0.1) is 6.61 Å². The van der Waals surface area contributed by atoms with Crippen LogP contribution in [-0.2, 0) is 4.79 Å². The van der Waals surface area contributed by atoms with Crippen LogP contribution in [-0.4, -0.2) is 12.5 Å². The van der Waals surface area contributed by atoms with Crippen LogP contribution in [0.25, 0.3) is 0 Å². The Labute approximate surface area is 158 Å². The molecule has 2 aromatic rings. The van der Waals surface area contributed by atoms with Gasteiger partial charge in [-0.05, 0) is 62.1 Å². The van der Waals surface area contributed by atoms with Crippen molar-refractivity contribution in [3.05, 3.63) is 58.1 Å². The molecule has 3 nitrogen and oxygen atoms in total. The lowest BCUT2D eigenvalue weighted by molar-refractivity contribution is -0.124. The van der Waals surface area contributed by atoms with E-state index in [4.69, 9.17) is 4.74 Å². The fraction of sp³-hybridized carbons (Fsp3) is 0.381. The highest BCUT2D eigenvalue weighted by Crippen LogP contribution is 2.26. The maximum Gasteiger partial charge on any atom is 0.230 e. The van der Waals surface area contributed by atoms with Gasteiger partial charge < -0.3 is 10.1 Å². The second-order valence-electron chi connectivity index (χ2n) is 7.07. The SMILES string of the molecule is Cc1ccc(C)c(OCCCC(C)(C)C(=O)Nc2cccc(Br)c2)c1. The summed E-state index contributed by atoms with van der Waals surface area (Å²) in [5, 5.41) is 2.99. The first-order chi connectivity index (χ1) is 11.8. The molecule has 0 aliphatic rings. The molecule has 0 aliphatic heterocycles. The minimum absolute atomic E-state index is 0.0253. The average molecular weight is 404 g/mol. The standard InChI is InChI=1S/C21H26BrNO2/c1-15-9-10-16(2)19(13-15)25-12-6-11-21(3,4)20(24)23-18-8-5-7-17(22)14-18/h5,7-10,13-14H,6,11-12H2,1-4H3,(H,23,24). The van der Waals surface area contributed by atoms with Crippen LogP contribution in [0.15, 0.2) is 46.9 Å². The van der Waals surface area contributed by atoms with Gasteiger partial charge in [-0.25, -0.2) is 0 Å². The van der Waals surface area contributed by atoms with Crippen molar-refractivity contribution in [2.45, 2.75) is 40.5 Å². The van der Waals surface area contributed by atoms with Crippen LogP contribution in [0, 0.1) is 19.3 Å². The average Bonchev–Trinajstić information content (AvgIpc) is 2.54. The van der Waals surface area contributed by atoms with Gasteiger partial charge in [-0.2, -0.15) is 0 Å². The Balaban J connectivity index is 1.84. The highest BCUT2D eigenvalue weighted by molar-refractivity contribution is 9.10. The summed E-state index contributed by atoms with van der Waals surface area (Å²) < 4.78 is 6.84. The Morgan fingerprint density at radius 1 is 1.16 bits per heavy atom. The second kappa shape index (κ2) is 8.52. The summed E-state index contributed by atoms with van der Waals surface area (Å²) in [6.45, 7) is 8.65. The maximum atomic E-state index is 12.5. The molecule has 0 saturated heterocycles. The van der Waals surface area contributed by atoms with Crippen molar-refractivity contribution in [1.29, 1.82) is 0 Å². The molecule has 0 bridgehead atoms. The number of hydrogen-bond acceptors (Lipinski definition) is 2. The normalized spacial score (nSPS) is 11.2. The number of carbonyl (C=O) groups is 1. The van der Waals surface area contributed by atoms with Crippen molar-refractivity contribution in [2.24, 2.45) is 5.41 Å². The van der Waals surface area contributed by atoms with Crippen molar-refractivity contribution >= 4 is 27.5 Å². The van der Waals surface area contributed by atoms with Gasteiger partial charge in [-0.1, -0.05) is 48.0 Å². The van der Waals surface area contributed by atoms with Crippen LogP contribution in [0.5, 0.6) is 5.75 Å². The summed E-state index contributed by atoms with van der Waals surface area (Å²) >= 11 is 3.42. The molecular formula is C21H26BrNO2. The Morgan fingerprint density at radius 2 is 1.92 bits per heavy atom. The molecule has 2 aromatic carbocycles. The van der Waals surface area contributed by atoms with Crippen molar-refractivity contribution in [2.75, 3.05) is 11.9 Å². The third kappa shape index (κ3) is 5.89. The summed E-state index contributed by atoms with van der Waals surface area (Å²) in [5.74, 6) is 0.953. The number of carbonyl (C=O) groups excluding carboxylic acids is 1. The number of benzene rings is 2. The van der Waals surface area contributed by atoms with E-state index < -0.39 is 5.41 Å². The van der Waals surface area contributed by atoms with E-state index in [0.717, 1.165) is 34.3 Å². The number of rotatable bonds is 7. The first-order valence-electron chi connectivity index (χ1n) is 8.55. The van der Waals surface area contributed by atoms with E-state index in [0.29, 0.717) is 6.61 Å². The fourth-order valence-corrected chi connectivity index (χ4v) is 2.94.